The molecule has 0 bridgehead atoms. The lowest BCUT2D eigenvalue weighted by molar-refractivity contribution is -0.00564. The molecule has 6 heteroatoms. The Balaban J connectivity index is 1.91. The number of hydrogen-bond acceptors (Lipinski definition) is 5. The highest BCUT2D eigenvalue weighted by Gasteiger charge is 2.24. The summed E-state index contributed by atoms with van der Waals surface area (Å²) in [5, 5.41) is 11.9. The molecule has 0 saturated carbocycles. The zero-order valence-corrected chi connectivity index (χ0v) is 12.4. The van der Waals surface area contributed by atoms with Gasteiger partial charge in [-0.2, -0.15) is 0 Å². The first-order valence-corrected chi connectivity index (χ1v) is 7.46. The van der Waals surface area contributed by atoms with Crippen LogP contribution in [0.5, 0.6) is 0 Å². The maximum absolute atomic E-state index is 12.4. The minimum absolute atomic E-state index is 0.0321. The number of anilines is 1. The maximum atomic E-state index is 12.4. The minimum atomic E-state index is -0.0321. The molecule has 6 nitrogen and oxygen atoms in total. The van der Waals surface area contributed by atoms with Gasteiger partial charge in [-0.15, -0.1) is 0 Å². The Morgan fingerprint density at radius 1 is 1.52 bits per heavy atom. The Kier molecular flexibility index (Phi) is 5.95. The molecular formula is C15H23N3O3. The molecule has 1 aromatic heterocycles. The van der Waals surface area contributed by atoms with Crippen molar-refractivity contribution in [2.75, 3.05) is 38.2 Å². The number of aromatic nitrogens is 1. The second kappa shape index (κ2) is 7.95. The molecule has 2 N–H and O–H groups in total. The second-order valence-corrected chi connectivity index (χ2v) is 5.05. The van der Waals surface area contributed by atoms with Gasteiger partial charge >= 0.3 is 0 Å². The van der Waals surface area contributed by atoms with Crippen LogP contribution in [0.25, 0.3) is 0 Å². The first-order valence-electron chi connectivity index (χ1n) is 7.46. The van der Waals surface area contributed by atoms with Crippen LogP contribution in [0.2, 0.25) is 0 Å². The van der Waals surface area contributed by atoms with Crippen LogP contribution in [-0.2, 0) is 4.74 Å². The zero-order valence-electron chi connectivity index (χ0n) is 12.4. The van der Waals surface area contributed by atoms with Crippen molar-refractivity contribution in [1.82, 2.24) is 9.88 Å². The number of pyridine rings is 1. The van der Waals surface area contributed by atoms with E-state index in [4.69, 9.17) is 9.84 Å². The first kappa shape index (κ1) is 15.7. The van der Waals surface area contributed by atoms with Gasteiger partial charge in [0.25, 0.3) is 5.91 Å². The number of hydrogen-bond donors (Lipinski definition) is 2. The van der Waals surface area contributed by atoms with Gasteiger partial charge in [0.2, 0.25) is 0 Å². The molecule has 1 fully saturated rings. The van der Waals surface area contributed by atoms with Gasteiger partial charge in [-0.25, -0.2) is 0 Å². The first-order chi connectivity index (χ1) is 10.2. The Morgan fingerprint density at radius 2 is 2.29 bits per heavy atom. The van der Waals surface area contributed by atoms with E-state index >= 15 is 0 Å². The Labute approximate surface area is 125 Å². The highest BCUT2D eigenvalue weighted by atomic mass is 16.5. The number of nitrogens with one attached hydrogen (secondary N) is 1. The summed E-state index contributed by atoms with van der Waals surface area (Å²) in [5.41, 5.74) is 1.39. The van der Waals surface area contributed by atoms with Crippen LogP contribution in [0.4, 0.5) is 5.69 Å². The van der Waals surface area contributed by atoms with Gasteiger partial charge in [0.15, 0.2) is 0 Å². The number of carbonyl (C=O) groups is 1. The molecule has 0 spiro atoms. The summed E-state index contributed by atoms with van der Waals surface area (Å²) in [7, 11) is 0. The van der Waals surface area contributed by atoms with E-state index < -0.39 is 0 Å². The zero-order chi connectivity index (χ0) is 15.1. The molecule has 1 amide bonds. The Hall–Kier alpha value is -1.66. The smallest absolute Gasteiger partial charge is 0.272 e. The summed E-state index contributed by atoms with van der Waals surface area (Å²) < 4.78 is 5.50. The fourth-order valence-electron chi connectivity index (χ4n) is 2.47. The summed E-state index contributed by atoms with van der Waals surface area (Å²) in [6.45, 7) is 4.57. The summed E-state index contributed by atoms with van der Waals surface area (Å²) in [6.07, 6.45) is 3.40. The van der Waals surface area contributed by atoms with Gasteiger partial charge in [0, 0.05) is 31.5 Å². The van der Waals surface area contributed by atoms with Crippen molar-refractivity contribution in [3.8, 4) is 0 Å². The molecule has 1 saturated heterocycles. The summed E-state index contributed by atoms with van der Waals surface area (Å²) in [6, 6.07) is 3.65. The van der Waals surface area contributed by atoms with Gasteiger partial charge < -0.3 is 20.1 Å². The van der Waals surface area contributed by atoms with Crippen molar-refractivity contribution < 1.29 is 14.6 Å². The van der Waals surface area contributed by atoms with Crippen LogP contribution in [0.3, 0.4) is 0 Å². The summed E-state index contributed by atoms with van der Waals surface area (Å²) >= 11 is 0. The molecule has 1 aliphatic heterocycles. The van der Waals surface area contributed by atoms with Crippen molar-refractivity contribution in [2.45, 2.75) is 25.9 Å². The number of piperidine rings is 1. The minimum Gasteiger partial charge on any atom is -0.394 e. The van der Waals surface area contributed by atoms with Gasteiger partial charge in [0.05, 0.1) is 19.3 Å². The van der Waals surface area contributed by atoms with Crippen LogP contribution < -0.4 is 5.32 Å². The van der Waals surface area contributed by atoms with E-state index in [1.807, 2.05) is 17.9 Å². The lowest BCUT2D eigenvalue weighted by Crippen LogP contribution is -2.41. The van der Waals surface area contributed by atoms with Crippen molar-refractivity contribution in [3.05, 3.63) is 24.0 Å². The fraction of sp³-hybridized carbons (Fsp3) is 0.600. The standard InChI is InChI=1S/C15H23N3O3/c1-2-16-12-3-6-17-14(11-12)15(20)18-7-4-13(5-8-18)21-10-9-19/h3,6,11,13,19H,2,4-5,7-10H2,1H3,(H,16,17). The maximum Gasteiger partial charge on any atom is 0.272 e. The van der Waals surface area contributed by atoms with Crippen LogP contribution in [0.1, 0.15) is 30.3 Å². The fourth-order valence-corrected chi connectivity index (χ4v) is 2.47. The number of amides is 1. The topological polar surface area (TPSA) is 74.7 Å². The van der Waals surface area contributed by atoms with Crippen molar-refractivity contribution in [2.24, 2.45) is 0 Å². The van der Waals surface area contributed by atoms with E-state index in [1.165, 1.54) is 0 Å². The Morgan fingerprint density at radius 3 is 2.95 bits per heavy atom. The molecule has 116 valence electrons. The number of aliphatic hydroxyl groups is 1. The van der Waals surface area contributed by atoms with Gasteiger partial charge in [-0.3, -0.25) is 9.78 Å². The van der Waals surface area contributed by atoms with Gasteiger partial charge in [-0.1, -0.05) is 0 Å². The number of aliphatic hydroxyl groups excluding tert-OH is 1. The second-order valence-electron chi connectivity index (χ2n) is 5.05. The lowest BCUT2D eigenvalue weighted by atomic mass is 10.1. The highest BCUT2D eigenvalue weighted by molar-refractivity contribution is 5.93. The molecule has 1 aromatic rings. The molecule has 2 rings (SSSR count). The Bertz CT molecular complexity index is 459. The number of nitrogens with zero attached hydrogens (tertiary/aromatic N) is 2. The average molecular weight is 293 g/mol. The average Bonchev–Trinajstić information content (AvgIpc) is 2.53. The number of ether oxygens (including phenoxy) is 1. The molecule has 0 aromatic carbocycles. The third-order valence-electron chi connectivity index (χ3n) is 3.53. The molecular weight excluding hydrogens is 270 g/mol. The molecule has 2 heterocycles. The quantitative estimate of drug-likeness (QED) is 0.822. The summed E-state index contributed by atoms with van der Waals surface area (Å²) in [5.74, 6) is -0.0321. The van der Waals surface area contributed by atoms with Gasteiger partial charge in [-0.05, 0) is 31.9 Å². The number of likely N-dealkylation sites (tertiary alicyclic amines) is 1. The van der Waals surface area contributed by atoms with Crippen LogP contribution >= 0.6 is 0 Å². The molecule has 21 heavy (non-hydrogen) atoms. The predicted octanol–water partition coefficient (Wildman–Crippen LogP) is 1.13. The predicted molar refractivity (Wildman–Crippen MR) is 80.4 cm³/mol. The normalized spacial score (nSPS) is 16.0. The largest absolute Gasteiger partial charge is 0.394 e. The highest BCUT2D eigenvalue weighted by Crippen LogP contribution is 2.17. The number of rotatable bonds is 6. The van der Waals surface area contributed by atoms with Crippen molar-refractivity contribution in [3.63, 3.8) is 0 Å². The molecule has 0 aliphatic carbocycles. The van der Waals surface area contributed by atoms with E-state index in [0.717, 1.165) is 25.1 Å². The van der Waals surface area contributed by atoms with Crippen LogP contribution in [0.15, 0.2) is 18.3 Å². The van der Waals surface area contributed by atoms with E-state index in [9.17, 15) is 4.79 Å². The van der Waals surface area contributed by atoms with Crippen molar-refractivity contribution >= 4 is 11.6 Å². The van der Waals surface area contributed by atoms with Crippen LogP contribution in [-0.4, -0.2) is 59.8 Å². The van der Waals surface area contributed by atoms with Crippen LogP contribution in [0, 0.1) is 0 Å². The van der Waals surface area contributed by atoms with Gasteiger partial charge in [0.1, 0.15) is 5.69 Å². The molecule has 0 atom stereocenters. The van der Waals surface area contributed by atoms with E-state index in [-0.39, 0.29) is 18.6 Å². The lowest BCUT2D eigenvalue weighted by Gasteiger charge is -2.31. The molecule has 0 radical (unpaired) electrons. The number of carbonyl (C=O) groups excluding carboxylic acids is 1. The van der Waals surface area contributed by atoms with E-state index in [0.29, 0.717) is 25.4 Å². The molecule has 1 aliphatic rings. The SMILES string of the molecule is CCNc1ccnc(C(=O)N2CCC(OCCO)CC2)c1. The van der Waals surface area contributed by atoms with E-state index in [1.54, 1.807) is 12.3 Å². The van der Waals surface area contributed by atoms with Crippen molar-refractivity contribution in [1.29, 1.82) is 0 Å². The monoisotopic (exact) mass is 293 g/mol. The summed E-state index contributed by atoms with van der Waals surface area (Å²) in [4.78, 5) is 18.4. The molecule has 0 unspecified atom stereocenters. The third-order valence-corrected chi connectivity index (χ3v) is 3.53. The third kappa shape index (κ3) is 4.41. The van der Waals surface area contributed by atoms with E-state index in [2.05, 4.69) is 10.3 Å².